The third kappa shape index (κ3) is 4.34. The molecule has 2 aromatic rings. The third-order valence-corrected chi connectivity index (χ3v) is 3.70. The summed E-state index contributed by atoms with van der Waals surface area (Å²) in [4.78, 5) is 12.2. The molecule has 2 aromatic carbocycles. The smallest absolute Gasteiger partial charge is 0.271 e. The fourth-order valence-corrected chi connectivity index (χ4v) is 2.32. The number of rotatable bonds is 2. The van der Waals surface area contributed by atoms with Crippen LogP contribution in [-0.2, 0) is 0 Å². The Morgan fingerprint density at radius 3 is 2.45 bits per heavy atom. The Balaban J connectivity index is 2.00. The number of carbonyl (C=O) groups excluding carboxylic acids is 1. The molecule has 0 atom stereocenters. The molecule has 2 rings (SSSR count). The zero-order valence-corrected chi connectivity index (χ0v) is 14.0. The van der Waals surface area contributed by atoms with Gasteiger partial charge in [-0.15, -0.1) is 0 Å². The fraction of sp³-hybridized carbons (Fsp3) is 0.0667. The first kappa shape index (κ1) is 16.5. The van der Waals surface area contributed by atoms with E-state index in [9.17, 15) is 4.79 Å². The third-order valence-electron chi connectivity index (χ3n) is 2.77. The summed E-state index contributed by atoms with van der Waals surface area (Å²) in [7, 11) is 1.64. The van der Waals surface area contributed by atoms with Crippen LogP contribution in [0.25, 0.3) is 0 Å². The van der Waals surface area contributed by atoms with Crippen molar-refractivity contribution in [1.82, 2.24) is 10.4 Å². The van der Waals surface area contributed by atoms with E-state index in [1.807, 2.05) is 30.3 Å². The number of halogens is 2. The normalized spacial score (nSPS) is 9.95. The van der Waals surface area contributed by atoms with Crippen molar-refractivity contribution >= 4 is 52.1 Å². The average molecular weight is 354 g/mol. The van der Waals surface area contributed by atoms with Gasteiger partial charge in [0.15, 0.2) is 5.11 Å². The molecule has 0 saturated heterocycles. The first-order valence-corrected chi connectivity index (χ1v) is 7.49. The van der Waals surface area contributed by atoms with Gasteiger partial charge in [0.05, 0.1) is 10.6 Å². The van der Waals surface area contributed by atoms with Crippen LogP contribution in [-0.4, -0.2) is 23.1 Å². The highest BCUT2D eigenvalue weighted by Crippen LogP contribution is 2.20. The van der Waals surface area contributed by atoms with Crippen molar-refractivity contribution in [3.05, 3.63) is 64.1 Å². The van der Waals surface area contributed by atoms with Gasteiger partial charge in [0, 0.05) is 17.8 Å². The van der Waals surface area contributed by atoms with E-state index in [0.29, 0.717) is 15.7 Å². The van der Waals surface area contributed by atoms with Crippen LogP contribution in [0.4, 0.5) is 5.69 Å². The molecule has 22 heavy (non-hydrogen) atoms. The lowest BCUT2D eigenvalue weighted by atomic mass is 10.2. The van der Waals surface area contributed by atoms with Gasteiger partial charge in [0.2, 0.25) is 0 Å². The Hall–Kier alpha value is -1.82. The minimum absolute atomic E-state index is 0.278. The SMILES string of the molecule is CN(NC(=O)c1ccc(Cl)cc1Cl)C(=S)Nc1ccccc1. The van der Waals surface area contributed by atoms with Gasteiger partial charge in [-0.25, -0.2) is 0 Å². The molecule has 7 heteroatoms. The fourth-order valence-electron chi connectivity index (χ4n) is 1.67. The maximum atomic E-state index is 12.2. The molecule has 0 saturated carbocycles. The molecule has 0 aliphatic heterocycles. The highest BCUT2D eigenvalue weighted by Gasteiger charge is 2.14. The number of hydrogen-bond donors (Lipinski definition) is 2. The zero-order chi connectivity index (χ0) is 16.1. The highest BCUT2D eigenvalue weighted by atomic mass is 35.5. The molecule has 0 aliphatic rings. The van der Waals surface area contributed by atoms with E-state index in [0.717, 1.165) is 5.69 Å². The number of amides is 1. The number of anilines is 1. The van der Waals surface area contributed by atoms with E-state index in [1.54, 1.807) is 19.2 Å². The average Bonchev–Trinajstić information content (AvgIpc) is 2.47. The summed E-state index contributed by atoms with van der Waals surface area (Å²) in [6.45, 7) is 0. The van der Waals surface area contributed by atoms with Crippen molar-refractivity contribution in [2.45, 2.75) is 0 Å². The predicted octanol–water partition coefficient (Wildman–Crippen LogP) is 3.97. The van der Waals surface area contributed by atoms with Gasteiger partial charge in [0.1, 0.15) is 0 Å². The highest BCUT2D eigenvalue weighted by molar-refractivity contribution is 7.80. The minimum Gasteiger partial charge on any atom is -0.331 e. The van der Waals surface area contributed by atoms with Crippen LogP contribution in [0.1, 0.15) is 10.4 Å². The lowest BCUT2D eigenvalue weighted by Gasteiger charge is -2.22. The van der Waals surface area contributed by atoms with Crippen molar-refractivity contribution in [3.63, 3.8) is 0 Å². The number of hydrazine groups is 1. The quantitative estimate of drug-likeness (QED) is 0.633. The first-order chi connectivity index (χ1) is 10.5. The van der Waals surface area contributed by atoms with Crippen molar-refractivity contribution in [2.75, 3.05) is 12.4 Å². The van der Waals surface area contributed by atoms with E-state index in [1.165, 1.54) is 11.1 Å². The molecule has 0 bridgehead atoms. The summed E-state index contributed by atoms with van der Waals surface area (Å²) in [6, 6.07) is 14.1. The van der Waals surface area contributed by atoms with Crippen LogP contribution in [0.2, 0.25) is 10.0 Å². The second-order valence-corrected chi connectivity index (χ2v) is 5.65. The maximum absolute atomic E-state index is 12.2. The van der Waals surface area contributed by atoms with E-state index in [4.69, 9.17) is 35.4 Å². The van der Waals surface area contributed by atoms with Gasteiger partial charge < -0.3 is 5.32 Å². The molecule has 2 N–H and O–H groups in total. The standard InChI is InChI=1S/C15H13Cl2N3OS/c1-20(15(22)18-11-5-3-2-4-6-11)19-14(21)12-8-7-10(16)9-13(12)17/h2-9H,1H3,(H,18,22)(H,19,21). The molecule has 0 radical (unpaired) electrons. The van der Waals surface area contributed by atoms with Crippen LogP contribution in [0.3, 0.4) is 0 Å². The number of thiocarbonyl (C=S) groups is 1. The summed E-state index contributed by atoms with van der Waals surface area (Å²) >= 11 is 17.0. The molecule has 114 valence electrons. The number of carbonyl (C=O) groups is 1. The van der Waals surface area contributed by atoms with Crippen molar-refractivity contribution in [3.8, 4) is 0 Å². The van der Waals surface area contributed by atoms with Crippen molar-refractivity contribution in [2.24, 2.45) is 0 Å². The molecular weight excluding hydrogens is 341 g/mol. The van der Waals surface area contributed by atoms with Crippen LogP contribution in [0.15, 0.2) is 48.5 Å². The monoisotopic (exact) mass is 353 g/mol. The molecule has 0 unspecified atom stereocenters. The second kappa shape index (κ2) is 7.45. The van der Waals surface area contributed by atoms with Crippen molar-refractivity contribution < 1.29 is 4.79 Å². The van der Waals surface area contributed by atoms with Gasteiger partial charge in [-0.1, -0.05) is 41.4 Å². The molecule has 0 aromatic heterocycles. The summed E-state index contributed by atoms with van der Waals surface area (Å²) in [5, 5.41) is 5.52. The maximum Gasteiger partial charge on any atom is 0.271 e. The van der Waals surface area contributed by atoms with Gasteiger partial charge in [-0.3, -0.25) is 15.2 Å². The summed E-state index contributed by atoms with van der Waals surface area (Å²) in [5.74, 6) is -0.374. The van der Waals surface area contributed by atoms with Crippen LogP contribution in [0.5, 0.6) is 0 Å². The van der Waals surface area contributed by atoms with E-state index in [2.05, 4.69) is 10.7 Å². The van der Waals surface area contributed by atoms with Gasteiger partial charge in [0.25, 0.3) is 5.91 Å². The molecule has 0 aliphatic carbocycles. The Morgan fingerprint density at radius 1 is 1.14 bits per heavy atom. The van der Waals surface area contributed by atoms with E-state index >= 15 is 0 Å². The van der Waals surface area contributed by atoms with E-state index < -0.39 is 0 Å². The summed E-state index contributed by atoms with van der Waals surface area (Å²) < 4.78 is 0. The molecule has 4 nitrogen and oxygen atoms in total. The lowest BCUT2D eigenvalue weighted by Crippen LogP contribution is -2.45. The van der Waals surface area contributed by atoms with Crippen LogP contribution < -0.4 is 10.7 Å². The number of nitrogens with one attached hydrogen (secondary N) is 2. The minimum atomic E-state index is -0.374. The van der Waals surface area contributed by atoms with Crippen LogP contribution in [0, 0.1) is 0 Å². The summed E-state index contributed by atoms with van der Waals surface area (Å²) in [5.41, 5.74) is 3.79. The predicted molar refractivity (Wildman–Crippen MR) is 94.4 cm³/mol. The Bertz CT molecular complexity index is 694. The Kier molecular flexibility index (Phi) is 5.60. The Morgan fingerprint density at radius 2 is 1.82 bits per heavy atom. The van der Waals surface area contributed by atoms with Gasteiger partial charge in [-0.05, 0) is 42.5 Å². The largest absolute Gasteiger partial charge is 0.331 e. The number of hydrogen-bond acceptors (Lipinski definition) is 2. The topological polar surface area (TPSA) is 44.4 Å². The summed E-state index contributed by atoms with van der Waals surface area (Å²) in [6.07, 6.45) is 0. The molecule has 0 spiro atoms. The number of benzene rings is 2. The second-order valence-electron chi connectivity index (χ2n) is 4.42. The van der Waals surface area contributed by atoms with E-state index in [-0.39, 0.29) is 10.9 Å². The van der Waals surface area contributed by atoms with Crippen LogP contribution >= 0.6 is 35.4 Å². The van der Waals surface area contributed by atoms with Crippen molar-refractivity contribution in [1.29, 1.82) is 0 Å². The van der Waals surface area contributed by atoms with Gasteiger partial charge in [-0.2, -0.15) is 0 Å². The first-order valence-electron chi connectivity index (χ1n) is 6.33. The number of para-hydroxylation sites is 1. The molecule has 1 amide bonds. The zero-order valence-electron chi connectivity index (χ0n) is 11.6. The molecule has 0 heterocycles. The Labute approximate surface area is 144 Å². The lowest BCUT2D eigenvalue weighted by molar-refractivity contribution is 0.0888. The van der Waals surface area contributed by atoms with Gasteiger partial charge >= 0.3 is 0 Å². The number of nitrogens with zero attached hydrogens (tertiary/aromatic N) is 1. The molecule has 0 fully saturated rings. The molecular formula is C15H13Cl2N3OS.